The summed E-state index contributed by atoms with van der Waals surface area (Å²) in [6.45, 7) is 15.1. The standard InChI is InChI=1S/C36H63N3O4/c1-7-9-10-27(8-2)20-42-21-28(40)22-43-29-13-16-32(33(41)19-29)36-38-34(30-14-11-23(3)17-25(30)5)37-35(39-36)31-15-12-24(4)18-26(31)6/h13,16,19,23-28,30-31,34-41H,7-12,14-15,17-18,20-22H2,1-6H3. The van der Waals surface area contributed by atoms with Crippen molar-refractivity contribution >= 4 is 0 Å². The maximum absolute atomic E-state index is 11.2. The number of nitrogens with one attached hydrogen (secondary N) is 3. The van der Waals surface area contributed by atoms with E-state index in [0.717, 1.165) is 23.8 Å². The van der Waals surface area contributed by atoms with Gasteiger partial charge in [0.2, 0.25) is 0 Å². The third-order valence-corrected chi connectivity index (χ3v) is 10.9. The van der Waals surface area contributed by atoms with Gasteiger partial charge in [0.1, 0.15) is 24.2 Å². The van der Waals surface area contributed by atoms with Crippen LogP contribution in [0.4, 0.5) is 0 Å². The molecule has 10 unspecified atom stereocenters. The third-order valence-electron chi connectivity index (χ3n) is 10.9. The van der Waals surface area contributed by atoms with Crippen molar-refractivity contribution < 1.29 is 19.7 Å². The van der Waals surface area contributed by atoms with Crippen molar-refractivity contribution in [3.05, 3.63) is 23.8 Å². The van der Waals surface area contributed by atoms with Crippen LogP contribution in [0.2, 0.25) is 0 Å². The monoisotopic (exact) mass is 601 g/mol. The van der Waals surface area contributed by atoms with Crippen LogP contribution in [0.1, 0.15) is 117 Å². The summed E-state index contributed by atoms with van der Waals surface area (Å²) in [4.78, 5) is 0. The molecule has 3 aliphatic rings. The van der Waals surface area contributed by atoms with Crippen LogP contribution in [0.25, 0.3) is 0 Å². The summed E-state index contributed by atoms with van der Waals surface area (Å²) >= 11 is 0. The number of aliphatic hydroxyl groups excluding tert-OH is 1. The zero-order valence-electron chi connectivity index (χ0n) is 28.0. The van der Waals surface area contributed by atoms with E-state index < -0.39 is 6.10 Å². The fourth-order valence-electron chi connectivity index (χ4n) is 8.11. The predicted octanol–water partition coefficient (Wildman–Crippen LogP) is 6.94. The van der Waals surface area contributed by atoms with Gasteiger partial charge in [0, 0.05) is 18.2 Å². The zero-order chi connectivity index (χ0) is 30.9. The second kappa shape index (κ2) is 16.8. The lowest BCUT2D eigenvalue weighted by atomic mass is 9.72. The number of rotatable bonds is 14. The predicted molar refractivity (Wildman–Crippen MR) is 175 cm³/mol. The van der Waals surface area contributed by atoms with Gasteiger partial charge in [-0.2, -0.15) is 0 Å². The number of phenols is 1. The van der Waals surface area contributed by atoms with E-state index in [9.17, 15) is 10.2 Å². The Labute approximate surface area is 262 Å². The van der Waals surface area contributed by atoms with E-state index in [1.165, 1.54) is 57.8 Å². The van der Waals surface area contributed by atoms with Crippen LogP contribution < -0.4 is 20.7 Å². The molecule has 4 rings (SSSR count). The molecule has 0 spiro atoms. The summed E-state index contributed by atoms with van der Waals surface area (Å²) in [5, 5.41) is 33.4. The van der Waals surface area contributed by atoms with Crippen LogP contribution in [0.5, 0.6) is 11.5 Å². The van der Waals surface area contributed by atoms with Gasteiger partial charge in [-0.1, -0.05) is 73.6 Å². The number of hydrogen-bond donors (Lipinski definition) is 5. The number of hydrogen-bond acceptors (Lipinski definition) is 7. The maximum atomic E-state index is 11.2. The van der Waals surface area contributed by atoms with Crippen molar-refractivity contribution in [2.24, 2.45) is 41.4 Å². The Bertz CT molecular complexity index is 928. The Hall–Kier alpha value is -1.38. The van der Waals surface area contributed by atoms with Crippen molar-refractivity contribution in [3.8, 4) is 11.5 Å². The lowest BCUT2D eigenvalue weighted by Gasteiger charge is -2.49. The molecule has 7 heteroatoms. The molecule has 0 amide bonds. The van der Waals surface area contributed by atoms with Gasteiger partial charge in [-0.15, -0.1) is 0 Å². The molecular weight excluding hydrogens is 538 g/mol. The number of aliphatic hydroxyl groups is 1. The SMILES string of the molecule is CCCCC(CC)COCC(O)COc1ccc(C2NC(C3CCC(C)CC3C)NC(C3CCC(C)CC3C)N2)c(O)c1. The molecule has 2 aliphatic carbocycles. The Morgan fingerprint density at radius 3 is 2.00 bits per heavy atom. The number of phenolic OH excluding ortho intramolecular Hbond substituents is 1. The lowest BCUT2D eigenvalue weighted by Crippen LogP contribution is -2.68. The molecule has 7 nitrogen and oxygen atoms in total. The second-order valence-corrected chi connectivity index (χ2v) is 14.6. The summed E-state index contributed by atoms with van der Waals surface area (Å²) in [7, 11) is 0. The molecule has 5 N–H and O–H groups in total. The molecule has 10 atom stereocenters. The van der Waals surface area contributed by atoms with Gasteiger partial charge in [-0.25, -0.2) is 0 Å². The van der Waals surface area contributed by atoms with Crippen LogP contribution in [0.3, 0.4) is 0 Å². The Morgan fingerprint density at radius 2 is 1.47 bits per heavy atom. The van der Waals surface area contributed by atoms with Crippen molar-refractivity contribution in [2.45, 2.75) is 130 Å². The van der Waals surface area contributed by atoms with Gasteiger partial charge in [-0.05, 0) is 85.7 Å². The molecule has 0 radical (unpaired) electrons. The van der Waals surface area contributed by atoms with Crippen LogP contribution in [-0.2, 0) is 4.74 Å². The summed E-state index contributed by atoms with van der Waals surface area (Å²) in [5.41, 5.74) is 0.846. The normalized spacial score (nSPS) is 34.9. The van der Waals surface area contributed by atoms with Crippen LogP contribution >= 0.6 is 0 Å². The van der Waals surface area contributed by atoms with Gasteiger partial charge >= 0.3 is 0 Å². The van der Waals surface area contributed by atoms with E-state index in [1.807, 2.05) is 12.1 Å². The molecule has 246 valence electrons. The van der Waals surface area contributed by atoms with E-state index in [-0.39, 0.29) is 37.5 Å². The largest absolute Gasteiger partial charge is 0.507 e. The first-order valence-corrected chi connectivity index (χ1v) is 17.7. The maximum Gasteiger partial charge on any atom is 0.125 e. The van der Waals surface area contributed by atoms with Gasteiger partial charge in [0.05, 0.1) is 25.1 Å². The lowest BCUT2D eigenvalue weighted by molar-refractivity contribution is -0.00113. The van der Waals surface area contributed by atoms with Gasteiger partial charge in [0.15, 0.2) is 0 Å². The molecule has 1 aromatic carbocycles. The van der Waals surface area contributed by atoms with Crippen LogP contribution in [0.15, 0.2) is 18.2 Å². The average molecular weight is 602 g/mol. The summed E-state index contributed by atoms with van der Waals surface area (Å²) in [5.74, 6) is 5.33. The Balaban J connectivity index is 1.38. The van der Waals surface area contributed by atoms with Crippen molar-refractivity contribution in [1.29, 1.82) is 0 Å². The van der Waals surface area contributed by atoms with E-state index in [1.54, 1.807) is 6.07 Å². The van der Waals surface area contributed by atoms with Gasteiger partial charge < -0.3 is 19.7 Å². The molecule has 0 bridgehead atoms. The molecule has 1 aromatic rings. The number of unbranched alkanes of at least 4 members (excludes halogenated alkanes) is 1. The highest BCUT2D eigenvalue weighted by Gasteiger charge is 2.41. The first-order valence-electron chi connectivity index (χ1n) is 17.7. The Morgan fingerprint density at radius 1 is 0.837 bits per heavy atom. The number of benzene rings is 1. The van der Waals surface area contributed by atoms with E-state index in [0.29, 0.717) is 41.9 Å². The quantitative estimate of drug-likeness (QED) is 0.158. The molecule has 43 heavy (non-hydrogen) atoms. The molecule has 1 saturated heterocycles. The van der Waals surface area contributed by atoms with Crippen molar-refractivity contribution in [2.75, 3.05) is 19.8 Å². The first kappa shape index (κ1) is 34.5. The summed E-state index contributed by atoms with van der Waals surface area (Å²) in [6.07, 6.45) is 11.8. The first-order chi connectivity index (χ1) is 20.7. The minimum Gasteiger partial charge on any atom is -0.507 e. The number of ether oxygens (including phenoxy) is 2. The topological polar surface area (TPSA) is 95.0 Å². The van der Waals surface area contributed by atoms with Gasteiger partial charge in [0.25, 0.3) is 0 Å². The van der Waals surface area contributed by atoms with Gasteiger partial charge in [-0.3, -0.25) is 16.0 Å². The Kier molecular flexibility index (Phi) is 13.5. The van der Waals surface area contributed by atoms with E-state index in [2.05, 4.69) is 57.5 Å². The van der Waals surface area contributed by atoms with E-state index >= 15 is 0 Å². The van der Waals surface area contributed by atoms with E-state index in [4.69, 9.17) is 9.47 Å². The second-order valence-electron chi connectivity index (χ2n) is 14.6. The molecule has 3 fully saturated rings. The molecule has 1 heterocycles. The molecular formula is C36H63N3O4. The smallest absolute Gasteiger partial charge is 0.125 e. The number of aromatic hydroxyl groups is 1. The molecule has 1 aliphatic heterocycles. The highest BCUT2D eigenvalue weighted by Crippen LogP contribution is 2.40. The highest BCUT2D eigenvalue weighted by molar-refractivity contribution is 5.41. The molecule has 0 aromatic heterocycles. The minimum atomic E-state index is -0.708. The average Bonchev–Trinajstić information content (AvgIpc) is 2.97. The fraction of sp³-hybridized carbons (Fsp3) is 0.833. The fourth-order valence-corrected chi connectivity index (χ4v) is 8.11. The third kappa shape index (κ3) is 9.80. The summed E-state index contributed by atoms with van der Waals surface area (Å²) in [6, 6.07) is 5.56. The van der Waals surface area contributed by atoms with Crippen molar-refractivity contribution in [1.82, 2.24) is 16.0 Å². The highest BCUT2D eigenvalue weighted by atomic mass is 16.5. The van der Waals surface area contributed by atoms with Crippen LogP contribution in [-0.4, -0.2) is 48.5 Å². The minimum absolute atomic E-state index is 0.133. The van der Waals surface area contributed by atoms with Crippen molar-refractivity contribution in [3.63, 3.8) is 0 Å². The summed E-state index contributed by atoms with van der Waals surface area (Å²) < 4.78 is 11.7. The zero-order valence-corrected chi connectivity index (χ0v) is 28.0. The van der Waals surface area contributed by atoms with Crippen LogP contribution in [0, 0.1) is 41.4 Å². The molecule has 2 saturated carbocycles.